The van der Waals surface area contributed by atoms with Gasteiger partial charge in [0.15, 0.2) is 0 Å². The van der Waals surface area contributed by atoms with E-state index in [9.17, 15) is 14.7 Å². The molecule has 0 spiro atoms. The Morgan fingerprint density at radius 2 is 1.91 bits per heavy atom. The van der Waals surface area contributed by atoms with E-state index >= 15 is 0 Å². The van der Waals surface area contributed by atoms with E-state index in [1.807, 2.05) is 0 Å². The lowest BCUT2D eigenvalue weighted by atomic mass is 10.2. The number of hydrogen-bond donors (Lipinski definition) is 3. The number of benzene rings is 1. The second-order valence-electron chi connectivity index (χ2n) is 5.03. The van der Waals surface area contributed by atoms with Crippen LogP contribution in [0.2, 0.25) is 5.02 Å². The number of hydrogen-bond acceptors (Lipinski definition) is 4. The summed E-state index contributed by atoms with van der Waals surface area (Å²) < 4.78 is 0. The molecule has 0 saturated carbocycles. The zero-order valence-corrected chi connectivity index (χ0v) is 12.7. The zero-order valence-electron chi connectivity index (χ0n) is 12.0. The largest absolute Gasteiger partial charge is 0.507 e. The van der Waals surface area contributed by atoms with Crippen LogP contribution >= 0.6 is 11.6 Å². The first-order valence-corrected chi connectivity index (χ1v) is 7.32. The monoisotopic (exact) mass is 327 g/mol. The van der Waals surface area contributed by atoms with Crippen molar-refractivity contribution < 1.29 is 19.8 Å². The van der Waals surface area contributed by atoms with Gasteiger partial charge in [-0.15, -0.1) is 0 Å². The van der Waals surface area contributed by atoms with E-state index in [-0.39, 0.29) is 17.2 Å². The highest BCUT2D eigenvalue weighted by atomic mass is 35.5. The first-order valence-electron chi connectivity index (χ1n) is 6.94. The molecule has 2 rings (SSSR count). The fourth-order valence-electron chi connectivity index (χ4n) is 2.28. The number of piperazine rings is 1. The van der Waals surface area contributed by atoms with Crippen molar-refractivity contribution >= 4 is 23.6 Å². The van der Waals surface area contributed by atoms with Gasteiger partial charge in [-0.3, -0.25) is 9.69 Å². The van der Waals surface area contributed by atoms with Crippen molar-refractivity contribution in [2.24, 2.45) is 0 Å². The molecule has 1 aliphatic heterocycles. The third-order valence-corrected chi connectivity index (χ3v) is 3.79. The van der Waals surface area contributed by atoms with Crippen LogP contribution in [0.3, 0.4) is 0 Å². The topological polar surface area (TPSA) is 93.1 Å². The summed E-state index contributed by atoms with van der Waals surface area (Å²) >= 11 is 5.80. The Labute approximate surface area is 133 Å². The van der Waals surface area contributed by atoms with Crippen molar-refractivity contribution in [2.45, 2.75) is 0 Å². The van der Waals surface area contributed by atoms with Gasteiger partial charge in [0.05, 0.1) is 5.56 Å². The lowest BCUT2D eigenvalue weighted by Gasteiger charge is -2.32. The minimum Gasteiger partial charge on any atom is -0.507 e. The Morgan fingerprint density at radius 3 is 2.55 bits per heavy atom. The highest BCUT2D eigenvalue weighted by Gasteiger charge is 2.20. The Morgan fingerprint density at radius 1 is 1.23 bits per heavy atom. The molecule has 1 aromatic carbocycles. The number of carbonyl (C=O) groups excluding carboxylic acids is 1. The minimum absolute atomic E-state index is 0.114. The molecule has 3 N–H and O–H groups in total. The lowest BCUT2D eigenvalue weighted by Crippen LogP contribution is -2.49. The van der Waals surface area contributed by atoms with Gasteiger partial charge in [0, 0.05) is 44.3 Å². The van der Waals surface area contributed by atoms with Gasteiger partial charge in [0.25, 0.3) is 5.91 Å². The average molecular weight is 328 g/mol. The van der Waals surface area contributed by atoms with E-state index in [1.54, 1.807) is 0 Å². The van der Waals surface area contributed by atoms with Crippen molar-refractivity contribution in [3.8, 4) is 5.75 Å². The maximum atomic E-state index is 12.0. The normalized spacial score (nSPS) is 15.6. The molecule has 0 aliphatic carbocycles. The number of amides is 2. The molecule has 1 heterocycles. The van der Waals surface area contributed by atoms with Crippen LogP contribution in [0.1, 0.15) is 10.4 Å². The summed E-state index contributed by atoms with van der Waals surface area (Å²) in [5, 5.41) is 21.6. The van der Waals surface area contributed by atoms with E-state index in [2.05, 4.69) is 10.2 Å². The Balaban J connectivity index is 1.76. The van der Waals surface area contributed by atoms with Crippen molar-refractivity contribution in [3.63, 3.8) is 0 Å². The summed E-state index contributed by atoms with van der Waals surface area (Å²) in [4.78, 5) is 26.2. The van der Waals surface area contributed by atoms with Crippen molar-refractivity contribution in [2.75, 3.05) is 39.3 Å². The molecule has 22 heavy (non-hydrogen) atoms. The summed E-state index contributed by atoms with van der Waals surface area (Å²) in [6.45, 7) is 3.27. The van der Waals surface area contributed by atoms with E-state index in [4.69, 9.17) is 16.7 Å². The van der Waals surface area contributed by atoms with Crippen molar-refractivity contribution in [1.82, 2.24) is 15.1 Å². The van der Waals surface area contributed by atoms with Crippen LogP contribution in [0, 0.1) is 0 Å². The molecular weight excluding hydrogens is 310 g/mol. The quantitative estimate of drug-likeness (QED) is 0.769. The van der Waals surface area contributed by atoms with Crippen LogP contribution in [-0.2, 0) is 0 Å². The first-order chi connectivity index (χ1) is 10.5. The van der Waals surface area contributed by atoms with Crippen LogP contribution in [0.4, 0.5) is 4.79 Å². The smallest absolute Gasteiger partial charge is 0.407 e. The number of phenolic OH excluding ortho intramolecular Hbond substituents is 1. The van der Waals surface area contributed by atoms with Gasteiger partial charge in [-0.05, 0) is 18.2 Å². The van der Waals surface area contributed by atoms with Gasteiger partial charge >= 0.3 is 6.09 Å². The van der Waals surface area contributed by atoms with Gasteiger partial charge in [0.2, 0.25) is 0 Å². The molecule has 1 saturated heterocycles. The first kappa shape index (κ1) is 16.4. The molecule has 7 nitrogen and oxygen atoms in total. The minimum atomic E-state index is -0.899. The molecule has 2 amide bonds. The fraction of sp³-hybridized carbons (Fsp3) is 0.429. The zero-order chi connectivity index (χ0) is 16.1. The van der Waals surface area contributed by atoms with Crippen molar-refractivity contribution in [1.29, 1.82) is 0 Å². The molecule has 0 atom stereocenters. The Kier molecular flexibility index (Phi) is 5.46. The van der Waals surface area contributed by atoms with Crippen molar-refractivity contribution in [3.05, 3.63) is 28.8 Å². The molecule has 8 heteroatoms. The molecule has 0 radical (unpaired) electrons. The molecule has 0 aromatic heterocycles. The predicted molar refractivity (Wildman–Crippen MR) is 81.5 cm³/mol. The number of carbonyl (C=O) groups is 2. The summed E-state index contributed by atoms with van der Waals surface area (Å²) in [7, 11) is 0. The fourth-order valence-corrected chi connectivity index (χ4v) is 2.45. The summed E-state index contributed by atoms with van der Waals surface area (Å²) in [5.74, 6) is -0.499. The molecule has 120 valence electrons. The number of nitrogens with zero attached hydrogens (tertiary/aromatic N) is 2. The average Bonchev–Trinajstić information content (AvgIpc) is 2.50. The Bertz CT molecular complexity index is 559. The second kappa shape index (κ2) is 7.33. The van der Waals surface area contributed by atoms with E-state index < -0.39 is 6.09 Å². The maximum absolute atomic E-state index is 12.0. The number of aromatic hydroxyl groups is 1. The highest BCUT2D eigenvalue weighted by Crippen LogP contribution is 2.21. The SMILES string of the molecule is O=C(NCCN1CCN(C(=O)O)CC1)c1cc(Cl)ccc1O. The molecule has 1 fully saturated rings. The third kappa shape index (κ3) is 4.25. The van der Waals surface area contributed by atoms with Crippen LogP contribution in [0.5, 0.6) is 5.75 Å². The number of rotatable bonds is 4. The second-order valence-corrected chi connectivity index (χ2v) is 5.47. The molecule has 1 aliphatic rings. The van der Waals surface area contributed by atoms with Gasteiger partial charge in [0.1, 0.15) is 5.75 Å². The molecule has 0 bridgehead atoms. The summed E-state index contributed by atoms with van der Waals surface area (Å²) in [6, 6.07) is 4.30. The summed E-state index contributed by atoms with van der Waals surface area (Å²) in [6.07, 6.45) is -0.899. The third-order valence-electron chi connectivity index (χ3n) is 3.56. The highest BCUT2D eigenvalue weighted by molar-refractivity contribution is 6.31. The van der Waals surface area contributed by atoms with Gasteiger partial charge < -0.3 is 20.4 Å². The molecule has 0 unspecified atom stereocenters. The van der Waals surface area contributed by atoms with Crippen LogP contribution in [0.15, 0.2) is 18.2 Å². The van der Waals surface area contributed by atoms with E-state index in [0.29, 0.717) is 44.3 Å². The van der Waals surface area contributed by atoms with Gasteiger partial charge in [-0.25, -0.2) is 4.79 Å². The van der Waals surface area contributed by atoms with E-state index in [1.165, 1.54) is 23.1 Å². The predicted octanol–water partition coefficient (Wildman–Crippen LogP) is 1.07. The number of phenols is 1. The number of carboxylic acid groups (broad SMARTS) is 1. The van der Waals surface area contributed by atoms with Gasteiger partial charge in [-0.1, -0.05) is 11.6 Å². The summed E-state index contributed by atoms with van der Waals surface area (Å²) in [5.41, 5.74) is 0.142. The Hall–Kier alpha value is -1.99. The van der Waals surface area contributed by atoms with Crippen LogP contribution in [0.25, 0.3) is 0 Å². The lowest BCUT2D eigenvalue weighted by molar-refractivity contribution is 0.0928. The van der Waals surface area contributed by atoms with E-state index in [0.717, 1.165) is 0 Å². The number of nitrogens with one attached hydrogen (secondary N) is 1. The molecular formula is C14H18ClN3O4. The molecule has 1 aromatic rings. The van der Waals surface area contributed by atoms with Crippen LogP contribution < -0.4 is 5.32 Å². The van der Waals surface area contributed by atoms with Crippen LogP contribution in [-0.4, -0.2) is 71.3 Å². The van der Waals surface area contributed by atoms with Gasteiger partial charge in [-0.2, -0.15) is 0 Å². The number of halogens is 1. The standard InChI is InChI=1S/C14H18ClN3O4/c15-10-1-2-12(19)11(9-10)13(20)16-3-4-17-5-7-18(8-6-17)14(21)22/h1-2,9,19H,3-8H2,(H,16,20)(H,21,22). The maximum Gasteiger partial charge on any atom is 0.407 e.